The Labute approximate surface area is 133 Å². The van der Waals surface area contributed by atoms with Gasteiger partial charge in [0.25, 0.3) is 0 Å². The van der Waals surface area contributed by atoms with E-state index >= 15 is 0 Å². The van der Waals surface area contributed by atoms with Crippen LogP contribution >= 0.6 is 0 Å². The molecule has 0 saturated heterocycles. The molecule has 1 aromatic carbocycles. The Balaban J connectivity index is 1.46. The van der Waals surface area contributed by atoms with Crippen LogP contribution in [0.25, 0.3) is 11.2 Å². The standard InChI is InChI=1S/C17H17N5O/c23-15-7-11(13-3-1-2-4-14(13)22-15)8-18-9-12-10-21-17-16(12)19-5-6-20-17/h1-6,10-11,18H,7-9H2,(H,20,21)(H,22,23). The first-order valence-electron chi connectivity index (χ1n) is 7.68. The summed E-state index contributed by atoms with van der Waals surface area (Å²) < 4.78 is 0. The predicted molar refractivity (Wildman–Crippen MR) is 88.0 cm³/mol. The third kappa shape index (κ3) is 2.68. The number of hydrogen-bond donors (Lipinski definition) is 3. The topological polar surface area (TPSA) is 82.7 Å². The van der Waals surface area contributed by atoms with E-state index in [4.69, 9.17) is 0 Å². The van der Waals surface area contributed by atoms with Crippen molar-refractivity contribution in [3.05, 3.63) is 54.0 Å². The fourth-order valence-electron chi connectivity index (χ4n) is 3.10. The minimum atomic E-state index is 0.0773. The Kier molecular flexibility index (Phi) is 3.51. The van der Waals surface area contributed by atoms with Gasteiger partial charge in [0.05, 0.1) is 0 Å². The van der Waals surface area contributed by atoms with Gasteiger partial charge < -0.3 is 15.6 Å². The summed E-state index contributed by atoms with van der Waals surface area (Å²) in [5.74, 6) is 0.268. The summed E-state index contributed by atoms with van der Waals surface area (Å²) >= 11 is 0. The molecule has 6 heteroatoms. The van der Waals surface area contributed by atoms with Crippen LogP contribution in [0.2, 0.25) is 0 Å². The van der Waals surface area contributed by atoms with Gasteiger partial charge in [-0.3, -0.25) is 9.78 Å². The molecule has 1 aliphatic rings. The summed E-state index contributed by atoms with van der Waals surface area (Å²) in [5, 5.41) is 6.37. The second-order valence-corrected chi connectivity index (χ2v) is 5.73. The molecule has 3 heterocycles. The number of fused-ring (bicyclic) bond motifs is 2. The molecule has 1 atom stereocenters. The molecule has 3 N–H and O–H groups in total. The fourth-order valence-corrected chi connectivity index (χ4v) is 3.10. The third-order valence-electron chi connectivity index (χ3n) is 4.20. The van der Waals surface area contributed by atoms with Crippen molar-refractivity contribution in [2.24, 2.45) is 0 Å². The van der Waals surface area contributed by atoms with E-state index in [1.807, 2.05) is 24.4 Å². The summed E-state index contributed by atoms with van der Waals surface area (Å²) in [5.41, 5.74) is 4.89. The Hall–Kier alpha value is -2.73. The molecule has 6 nitrogen and oxygen atoms in total. The van der Waals surface area contributed by atoms with Crippen LogP contribution in [0.5, 0.6) is 0 Å². The molecule has 1 amide bonds. The van der Waals surface area contributed by atoms with Crippen LogP contribution < -0.4 is 10.6 Å². The van der Waals surface area contributed by atoms with Gasteiger partial charge in [-0.2, -0.15) is 0 Å². The molecule has 3 aromatic rings. The number of amides is 1. The van der Waals surface area contributed by atoms with Gasteiger partial charge >= 0.3 is 0 Å². The second-order valence-electron chi connectivity index (χ2n) is 5.73. The number of rotatable bonds is 4. The molecule has 1 unspecified atom stereocenters. The first-order valence-corrected chi connectivity index (χ1v) is 7.68. The summed E-state index contributed by atoms with van der Waals surface area (Å²) in [6.45, 7) is 1.44. The van der Waals surface area contributed by atoms with Gasteiger partial charge in [-0.1, -0.05) is 18.2 Å². The lowest BCUT2D eigenvalue weighted by Gasteiger charge is -2.25. The van der Waals surface area contributed by atoms with E-state index in [-0.39, 0.29) is 11.8 Å². The highest BCUT2D eigenvalue weighted by Gasteiger charge is 2.24. The van der Waals surface area contributed by atoms with Crippen LogP contribution in [0.3, 0.4) is 0 Å². The largest absolute Gasteiger partial charge is 0.344 e. The number of benzene rings is 1. The monoisotopic (exact) mass is 307 g/mol. The highest BCUT2D eigenvalue weighted by Crippen LogP contribution is 2.31. The molecule has 0 spiro atoms. The normalized spacial score (nSPS) is 17.0. The summed E-state index contributed by atoms with van der Waals surface area (Å²) in [6.07, 6.45) is 5.81. The second kappa shape index (κ2) is 5.81. The van der Waals surface area contributed by atoms with Crippen molar-refractivity contribution >= 4 is 22.8 Å². The van der Waals surface area contributed by atoms with Crippen LogP contribution in [0.1, 0.15) is 23.5 Å². The van der Waals surface area contributed by atoms with E-state index < -0.39 is 0 Å². The first kappa shape index (κ1) is 13.9. The SMILES string of the molecule is O=C1CC(CNCc2c[nH]c3nccnc23)c2ccccc2N1. The number of anilines is 1. The van der Waals surface area contributed by atoms with Gasteiger partial charge in [0.2, 0.25) is 5.91 Å². The third-order valence-corrected chi connectivity index (χ3v) is 4.20. The van der Waals surface area contributed by atoms with Crippen LogP contribution in [0.4, 0.5) is 5.69 Å². The summed E-state index contributed by atoms with van der Waals surface area (Å²) in [7, 11) is 0. The van der Waals surface area contributed by atoms with E-state index in [0.717, 1.165) is 29.0 Å². The van der Waals surface area contributed by atoms with Crippen molar-refractivity contribution in [3.63, 3.8) is 0 Å². The lowest BCUT2D eigenvalue weighted by molar-refractivity contribution is -0.116. The molecule has 2 aromatic heterocycles. The number of para-hydroxylation sites is 1. The van der Waals surface area contributed by atoms with E-state index in [9.17, 15) is 4.79 Å². The van der Waals surface area contributed by atoms with E-state index in [2.05, 4.69) is 31.7 Å². The molecule has 4 rings (SSSR count). The molecule has 0 aliphatic carbocycles. The molecule has 0 bridgehead atoms. The molecular weight excluding hydrogens is 290 g/mol. The summed E-state index contributed by atoms with van der Waals surface area (Å²) in [4.78, 5) is 23.6. The number of H-pyrrole nitrogens is 1. The summed E-state index contributed by atoms with van der Waals surface area (Å²) in [6, 6.07) is 7.99. The minimum absolute atomic E-state index is 0.0773. The molecule has 0 fully saturated rings. The Morgan fingerprint density at radius 1 is 1.22 bits per heavy atom. The van der Waals surface area contributed by atoms with Crippen LogP contribution in [-0.2, 0) is 11.3 Å². The zero-order valence-corrected chi connectivity index (χ0v) is 12.5. The van der Waals surface area contributed by atoms with E-state index in [0.29, 0.717) is 13.0 Å². The van der Waals surface area contributed by atoms with Gasteiger partial charge in [-0.25, -0.2) is 4.98 Å². The Morgan fingerprint density at radius 2 is 2.09 bits per heavy atom. The maximum atomic E-state index is 11.8. The number of aromatic amines is 1. The van der Waals surface area contributed by atoms with Gasteiger partial charge in [-0.15, -0.1) is 0 Å². The van der Waals surface area contributed by atoms with Crippen molar-refractivity contribution < 1.29 is 4.79 Å². The van der Waals surface area contributed by atoms with Gasteiger partial charge in [0.1, 0.15) is 5.52 Å². The number of nitrogens with one attached hydrogen (secondary N) is 3. The van der Waals surface area contributed by atoms with Crippen molar-refractivity contribution in [1.29, 1.82) is 0 Å². The lowest BCUT2D eigenvalue weighted by atomic mass is 9.90. The quantitative estimate of drug-likeness (QED) is 0.690. The van der Waals surface area contributed by atoms with Crippen LogP contribution in [-0.4, -0.2) is 27.4 Å². The van der Waals surface area contributed by atoms with Crippen molar-refractivity contribution in [2.45, 2.75) is 18.9 Å². The van der Waals surface area contributed by atoms with Crippen molar-refractivity contribution in [1.82, 2.24) is 20.3 Å². The van der Waals surface area contributed by atoms with Gasteiger partial charge in [0.15, 0.2) is 5.65 Å². The Bertz CT molecular complexity index is 857. The zero-order chi connectivity index (χ0) is 15.6. The maximum absolute atomic E-state index is 11.8. The minimum Gasteiger partial charge on any atom is -0.344 e. The number of carbonyl (C=O) groups is 1. The fraction of sp³-hybridized carbons (Fsp3) is 0.235. The molecule has 0 radical (unpaired) electrons. The van der Waals surface area contributed by atoms with Crippen molar-refractivity contribution in [3.8, 4) is 0 Å². The average Bonchev–Trinajstić information content (AvgIpc) is 2.98. The molecule has 23 heavy (non-hydrogen) atoms. The van der Waals surface area contributed by atoms with Crippen LogP contribution in [0, 0.1) is 0 Å². The highest BCUT2D eigenvalue weighted by atomic mass is 16.1. The smallest absolute Gasteiger partial charge is 0.225 e. The van der Waals surface area contributed by atoms with Crippen molar-refractivity contribution in [2.75, 3.05) is 11.9 Å². The predicted octanol–water partition coefficient (Wildman–Crippen LogP) is 2.17. The average molecular weight is 307 g/mol. The van der Waals surface area contributed by atoms with E-state index in [1.54, 1.807) is 12.4 Å². The highest BCUT2D eigenvalue weighted by molar-refractivity contribution is 5.94. The van der Waals surface area contributed by atoms with Gasteiger partial charge in [0, 0.05) is 55.3 Å². The Morgan fingerprint density at radius 3 is 3.04 bits per heavy atom. The van der Waals surface area contributed by atoms with Crippen LogP contribution in [0.15, 0.2) is 42.9 Å². The van der Waals surface area contributed by atoms with Gasteiger partial charge in [-0.05, 0) is 11.6 Å². The molecule has 1 aliphatic heterocycles. The molecule has 0 saturated carbocycles. The number of hydrogen-bond acceptors (Lipinski definition) is 4. The molecular formula is C17H17N5O. The zero-order valence-electron chi connectivity index (χ0n) is 12.5. The number of aromatic nitrogens is 3. The number of nitrogens with zero attached hydrogens (tertiary/aromatic N) is 2. The maximum Gasteiger partial charge on any atom is 0.225 e. The lowest BCUT2D eigenvalue weighted by Crippen LogP contribution is -2.29. The first-order chi connectivity index (χ1) is 11.3. The number of carbonyl (C=O) groups excluding carboxylic acids is 1. The molecule has 116 valence electrons. The van der Waals surface area contributed by atoms with E-state index in [1.165, 1.54) is 5.56 Å².